The number of aryl methyl sites for hydroxylation is 1. The minimum absolute atomic E-state index is 0.0156. The second kappa shape index (κ2) is 7.33. The lowest BCUT2D eigenvalue weighted by Gasteiger charge is -2.36. The van der Waals surface area contributed by atoms with Crippen LogP contribution in [0, 0.1) is 0 Å². The van der Waals surface area contributed by atoms with E-state index in [0.29, 0.717) is 18.4 Å². The van der Waals surface area contributed by atoms with Crippen LogP contribution in [0.3, 0.4) is 0 Å². The van der Waals surface area contributed by atoms with Crippen molar-refractivity contribution < 1.29 is 18.0 Å². The Kier molecular flexibility index (Phi) is 5.67. The molecule has 0 spiro atoms. The van der Waals surface area contributed by atoms with Gasteiger partial charge in [-0.2, -0.15) is 13.2 Å². The maximum atomic E-state index is 12.5. The highest BCUT2D eigenvalue weighted by Crippen LogP contribution is 2.19. The molecule has 0 radical (unpaired) electrons. The van der Waals surface area contributed by atoms with Gasteiger partial charge in [0.25, 0.3) is 0 Å². The Morgan fingerprint density at radius 1 is 1.43 bits per heavy atom. The average molecular weight is 332 g/mol. The molecule has 0 bridgehead atoms. The van der Waals surface area contributed by atoms with E-state index in [1.807, 2.05) is 19.0 Å². The minimum Gasteiger partial charge on any atom is -0.341 e. The van der Waals surface area contributed by atoms with E-state index in [9.17, 15) is 18.0 Å². The zero-order valence-corrected chi connectivity index (χ0v) is 13.5. The molecule has 1 aromatic heterocycles. The Labute approximate surface area is 134 Å². The highest BCUT2D eigenvalue weighted by atomic mass is 19.4. The molecule has 1 atom stereocenters. The number of piperidine rings is 1. The predicted molar refractivity (Wildman–Crippen MR) is 79.9 cm³/mol. The smallest absolute Gasteiger partial charge is 0.341 e. The molecule has 1 amide bonds. The number of likely N-dealkylation sites (N-methyl/N-ethyl adjacent to an activating group) is 1. The summed E-state index contributed by atoms with van der Waals surface area (Å²) in [5.41, 5.74) is 0. The summed E-state index contributed by atoms with van der Waals surface area (Å²) in [6.07, 6.45) is 0.792. The van der Waals surface area contributed by atoms with E-state index in [-0.39, 0.29) is 18.7 Å². The van der Waals surface area contributed by atoms with Crippen LogP contribution >= 0.6 is 0 Å². The molecule has 23 heavy (non-hydrogen) atoms. The van der Waals surface area contributed by atoms with E-state index >= 15 is 0 Å². The lowest BCUT2D eigenvalue weighted by Crippen LogP contribution is -2.47. The number of hydrogen-bond acceptors (Lipinski definition) is 3. The standard InChI is InChI=1S/C15H23F3N4O/c1-20(2)12-4-3-8-21(10-12)14(23)6-5-13-19-7-9-22(13)11-15(16,17)18/h7,9,12H,3-6,8,10-11H2,1-2H3. The third kappa shape index (κ3) is 5.23. The van der Waals surface area contributed by atoms with Crippen LogP contribution < -0.4 is 0 Å². The summed E-state index contributed by atoms with van der Waals surface area (Å²) in [6, 6.07) is 0.347. The zero-order chi connectivity index (χ0) is 17.0. The Balaban J connectivity index is 1.88. The molecule has 0 N–H and O–H groups in total. The SMILES string of the molecule is CN(C)C1CCCN(C(=O)CCc2nccn2CC(F)(F)F)C1. The van der Waals surface area contributed by atoms with Gasteiger partial charge in [0.15, 0.2) is 0 Å². The molecule has 0 aliphatic carbocycles. The number of halogens is 3. The quantitative estimate of drug-likeness (QED) is 0.827. The summed E-state index contributed by atoms with van der Waals surface area (Å²) in [6.45, 7) is 0.339. The van der Waals surface area contributed by atoms with Gasteiger partial charge in [-0.25, -0.2) is 4.98 Å². The molecule has 5 nitrogen and oxygen atoms in total. The number of hydrogen-bond donors (Lipinski definition) is 0. The van der Waals surface area contributed by atoms with E-state index in [0.717, 1.165) is 24.0 Å². The van der Waals surface area contributed by atoms with Crippen LogP contribution in [0.2, 0.25) is 0 Å². The molecule has 1 aliphatic rings. The molecule has 1 aliphatic heterocycles. The van der Waals surface area contributed by atoms with Crippen LogP contribution in [-0.2, 0) is 17.8 Å². The molecule has 1 saturated heterocycles. The van der Waals surface area contributed by atoms with Gasteiger partial charge in [0.1, 0.15) is 12.4 Å². The lowest BCUT2D eigenvalue weighted by atomic mass is 10.0. The second-order valence-electron chi connectivity index (χ2n) is 6.19. The predicted octanol–water partition coefficient (Wildman–Crippen LogP) is 1.93. The first kappa shape index (κ1) is 17.8. The summed E-state index contributed by atoms with van der Waals surface area (Å²) in [5.74, 6) is 0.287. The number of carbonyl (C=O) groups is 1. The highest BCUT2D eigenvalue weighted by Gasteiger charge is 2.29. The molecule has 0 aromatic carbocycles. The first-order valence-electron chi connectivity index (χ1n) is 7.77. The highest BCUT2D eigenvalue weighted by molar-refractivity contribution is 5.76. The summed E-state index contributed by atoms with van der Waals surface area (Å²) < 4.78 is 38.5. The van der Waals surface area contributed by atoms with Gasteiger partial charge in [0.05, 0.1) is 0 Å². The number of amides is 1. The maximum Gasteiger partial charge on any atom is 0.406 e. The summed E-state index contributed by atoms with van der Waals surface area (Å²) >= 11 is 0. The molecule has 2 heterocycles. The first-order chi connectivity index (χ1) is 10.8. The number of alkyl halides is 3. The first-order valence-corrected chi connectivity index (χ1v) is 7.77. The second-order valence-corrected chi connectivity index (χ2v) is 6.19. The van der Waals surface area contributed by atoms with E-state index in [4.69, 9.17) is 0 Å². The van der Waals surface area contributed by atoms with Gasteiger partial charge in [0, 0.05) is 44.4 Å². The molecular formula is C15H23F3N4O. The maximum absolute atomic E-state index is 12.5. The number of nitrogens with zero attached hydrogens (tertiary/aromatic N) is 4. The van der Waals surface area contributed by atoms with Gasteiger partial charge in [-0.3, -0.25) is 4.79 Å². The Bertz CT molecular complexity index is 527. The third-order valence-electron chi connectivity index (χ3n) is 4.19. The van der Waals surface area contributed by atoms with Gasteiger partial charge in [0.2, 0.25) is 5.91 Å². The minimum atomic E-state index is -4.29. The Morgan fingerprint density at radius 2 is 2.17 bits per heavy atom. The number of likely N-dealkylation sites (tertiary alicyclic amines) is 1. The van der Waals surface area contributed by atoms with Crippen molar-refractivity contribution in [3.05, 3.63) is 18.2 Å². The van der Waals surface area contributed by atoms with Crippen LogP contribution in [0.15, 0.2) is 12.4 Å². The Morgan fingerprint density at radius 3 is 2.83 bits per heavy atom. The van der Waals surface area contributed by atoms with Crippen LogP contribution in [0.5, 0.6) is 0 Å². The van der Waals surface area contributed by atoms with Crippen LogP contribution in [0.4, 0.5) is 13.2 Å². The van der Waals surface area contributed by atoms with E-state index in [1.54, 1.807) is 0 Å². The molecule has 1 aromatic rings. The molecule has 8 heteroatoms. The van der Waals surface area contributed by atoms with Gasteiger partial charge < -0.3 is 14.4 Å². The summed E-state index contributed by atoms with van der Waals surface area (Å²) in [4.78, 5) is 20.2. The van der Waals surface area contributed by atoms with Crippen molar-refractivity contribution in [3.8, 4) is 0 Å². The molecule has 0 saturated carbocycles. The fourth-order valence-corrected chi connectivity index (χ4v) is 2.88. The van der Waals surface area contributed by atoms with Crippen LogP contribution in [0.1, 0.15) is 25.1 Å². The fourth-order valence-electron chi connectivity index (χ4n) is 2.88. The summed E-state index contributed by atoms with van der Waals surface area (Å²) in [7, 11) is 3.99. The van der Waals surface area contributed by atoms with Crippen molar-refractivity contribution in [1.29, 1.82) is 0 Å². The monoisotopic (exact) mass is 332 g/mol. The molecular weight excluding hydrogens is 309 g/mol. The van der Waals surface area contributed by atoms with E-state index < -0.39 is 12.7 Å². The van der Waals surface area contributed by atoms with Crippen molar-refractivity contribution in [2.45, 2.75) is 44.4 Å². The third-order valence-corrected chi connectivity index (χ3v) is 4.19. The topological polar surface area (TPSA) is 41.4 Å². The fraction of sp³-hybridized carbons (Fsp3) is 0.733. The van der Waals surface area contributed by atoms with Gasteiger partial charge in [-0.1, -0.05) is 0 Å². The van der Waals surface area contributed by atoms with Crippen LogP contribution in [-0.4, -0.2) is 64.7 Å². The number of aromatic nitrogens is 2. The lowest BCUT2D eigenvalue weighted by molar-refractivity contribution is -0.141. The molecule has 1 unspecified atom stereocenters. The number of imidazole rings is 1. The van der Waals surface area contributed by atoms with Gasteiger partial charge in [-0.05, 0) is 26.9 Å². The van der Waals surface area contributed by atoms with Crippen molar-refractivity contribution in [2.24, 2.45) is 0 Å². The normalized spacial score (nSPS) is 19.4. The molecule has 130 valence electrons. The molecule has 2 rings (SSSR count). The van der Waals surface area contributed by atoms with Gasteiger partial charge in [-0.15, -0.1) is 0 Å². The van der Waals surface area contributed by atoms with Crippen molar-refractivity contribution in [1.82, 2.24) is 19.4 Å². The van der Waals surface area contributed by atoms with Crippen molar-refractivity contribution >= 4 is 5.91 Å². The zero-order valence-electron chi connectivity index (χ0n) is 13.5. The largest absolute Gasteiger partial charge is 0.406 e. The molecule has 1 fully saturated rings. The van der Waals surface area contributed by atoms with Gasteiger partial charge >= 0.3 is 6.18 Å². The number of rotatable bonds is 5. The van der Waals surface area contributed by atoms with Crippen molar-refractivity contribution in [2.75, 3.05) is 27.2 Å². The summed E-state index contributed by atoms with van der Waals surface area (Å²) in [5, 5.41) is 0. The van der Waals surface area contributed by atoms with E-state index in [2.05, 4.69) is 9.88 Å². The Hall–Kier alpha value is -1.57. The number of carbonyl (C=O) groups excluding carboxylic acids is 1. The van der Waals surface area contributed by atoms with Crippen molar-refractivity contribution in [3.63, 3.8) is 0 Å². The average Bonchev–Trinajstić information content (AvgIpc) is 2.90. The van der Waals surface area contributed by atoms with E-state index in [1.165, 1.54) is 12.4 Å². The van der Waals surface area contributed by atoms with Crippen LogP contribution in [0.25, 0.3) is 0 Å².